The van der Waals surface area contributed by atoms with Gasteiger partial charge in [-0.25, -0.2) is 0 Å². The average Bonchev–Trinajstić information content (AvgIpc) is 3.12. The second-order valence-corrected chi connectivity index (χ2v) is 8.21. The molecule has 3 aromatic rings. The third-order valence-electron chi connectivity index (χ3n) is 4.07. The Morgan fingerprint density at radius 1 is 1.03 bits per heavy atom. The fourth-order valence-corrected chi connectivity index (χ4v) is 3.62. The lowest BCUT2D eigenvalue weighted by atomic mass is 10.1. The number of hydrogen-bond donors (Lipinski definition) is 2. The van der Waals surface area contributed by atoms with Gasteiger partial charge in [0.05, 0.1) is 11.3 Å². The van der Waals surface area contributed by atoms with Gasteiger partial charge in [0.15, 0.2) is 5.82 Å². The highest BCUT2D eigenvalue weighted by molar-refractivity contribution is 7.98. The summed E-state index contributed by atoms with van der Waals surface area (Å²) in [4.78, 5) is 29.7. The lowest BCUT2D eigenvalue weighted by molar-refractivity contribution is -0.116. The minimum atomic E-state index is -0.212. The Morgan fingerprint density at radius 3 is 2.33 bits per heavy atom. The predicted molar refractivity (Wildman–Crippen MR) is 118 cm³/mol. The Hall–Kier alpha value is -3.13. The van der Waals surface area contributed by atoms with Crippen molar-refractivity contribution in [2.45, 2.75) is 37.8 Å². The molecule has 1 heterocycles. The van der Waals surface area contributed by atoms with Gasteiger partial charge in [-0.05, 0) is 49.2 Å². The number of benzene rings is 2. The number of amides is 2. The Balaban J connectivity index is 1.62. The highest BCUT2D eigenvalue weighted by atomic mass is 32.2. The van der Waals surface area contributed by atoms with E-state index in [1.807, 2.05) is 32.0 Å². The van der Waals surface area contributed by atoms with Crippen LogP contribution in [-0.2, 0) is 10.5 Å². The van der Waals surface area contributed by atoms with Gasteiger partial charge in [-0.15, -0.1) is 11.8 Å². The van der Waals surface area contributed by atoms with E-state index in [1.54, 1.807) is 37.3 Å². The van der Waals surface area contributed by atoms with Crippen molar-refractivity contribution in [3.8, 4) is 0 Å². The summed E-state index contributed by atoms with van der Waals surface area (Å²) in [5, 5.41) is 9.53. The summed E-state index contributed by atoms with van der Waals surface area (Å²) >= 11 is 1.46. The number of nitrogens with zero attached hydrogens (tertiary/aromatic N) is 2. The highest BCUT2D eigenvalue weighted by Gasteiger charge is 2.13. The van der Waals surface area contributed by atoms with Crippen LogP contribution in [0, 0.1) is 12.8 Å². The van der Waals surface area contributed by atoms with Crippen LogP contribution in [0.4, 0.5) is 11.4 Å². The van der Waals surface area contributed by atoms with E-state index in [2.05, 4.69) is 20.8 Å². The van der Waals surface area contributed by atoms with Gasteiger partial charge < -0.3 is 15.2 Å². The number of anilines is 2. The lowest BCUT2D eigenvalue weighted by Gasteiger charge is -2.11. The van der Waals surface area contributed by atoms with Crippen molar-refractivity contribution in [2.24, 2.45) is 5.92 Å². The molecule has 156 valence electrons. The number of carbonyl (C=O) groups is 2. The molecule has 8 heteroatoms. The summed E-state index contributed by atoms with van der Waals surface area (Å²) in [5.74, 6) is 1.64. The molecule has 1 aromatic heterocycles. The fourth-order valence-electron chi connectivity index (χ4n) is 2.74. The number of aryl methyl sites for hydroxylation is 1. The fraction of sp³-hybridized carbons (Fsp3) is 0.273. The number of nitrogens with one attached hydrogen (secondary N) is 2. The van der Waals surface area contributed by atoms with Crippen LogP contribution < -0.4 is 10.6 Å². The van der Waals surface area contributed by atoms with Gasteiger partial charge in [0.1, 0.15) is 0 Å². The van der Waals surface area contributed by atoms with Crippen LogP contribution in [0.3, 0.4) is 0 Å². The molecular weight excluding hydrogens is 400 g/mol. The van der Waals surface area contributed by atoms with E-state index in [9.17, 15) is 9.59 Å². The molecule has 0 spiro atoms. The highest BCUT2D eigenvalue weighted by Crippen LogP contribution is 2.26. The smallest absolute Gasteiger partial charge is 0.256 e. The zero-order chi connectivity index (χ0) is 21.5. The first-order chi connectivity index (χ1) is 14.4. The first-order valence-corrected chi connectivity index (χ1v) is 10.6. The van der Waals surface area contributed by atoms with Crippen LogP contribution in [0.5, 0.6) is 0 Å². The number of carbonyl (C=O) groups excluding carboxylic acids is 2. The minimum absolute atomic E-state index is 0.0239. The maximum atomic E-state index is 12.8. The molecular formula is C22H24N4O3S. The number of hydrogen-bond acceptors (Lipinski definition) is 6. The van der Waals surface area contributed by atoms with Crippen molar-refractivity contribution in [3.05, 3.63) is 65.8 Å². The summed E-state index contributed by atoms with van der Waals surface area (Å²) in [6, 6.07) is 14.4. The molecule has 30 heavy (non-hydrogen) atoms. The summed E-state index contributed by atoms with van der Waals surface area (Å²) in [7, 11) is 0. The molecule has 2 aromatic carbocycles. The molecule has 0 aliphatic rings. The van der Waals surface area contributed by atoms with Crippen LogP contribution >= 0.6 is 11.8 Å². The van der Waals surface area contributed by atoms with Gasteiger partial charge in [0.2, 0.25) is 11.8 Å². The Bertz CT molecular complexity index is 1020. The monoisotopic (exact) mass is 424 g/mol. The topological polar surface area (TPSA) is 97.1 Å². The Morgan fingerprint density at radius 2 is 1.70 bits per heavy atom. The van der Waals surface area contributed by atoms with Crippen LogP contribution in [-0.4, -0.2) is 22.0 Å². The molecule has 3 rings (SSSR count). The average molecular weight is 425 g/mol. The van der Waals surface area contributed by atoms with Crippen molar-refractivity contribution in [3.63, 3.8) is 0 Å². The first kappa shape index (κ1) is 21.6. The van der Waals surface area contributed by atoms with E-state index >= 15 is 0 Å². The molecule has 2 amide bonds. The minimum Gasteiger partial charge on any atom is -0.338 e. The third-order valence-corrected chi connectivity index (χ3v) is 5.13. The maximum absolute atomic E-state index is 12.8. The molecule has 0 saturated carbocycles. The Labute approximate surface area is 179 Å². The van der Waals surface area contributed by atoms with E-state index in [0.29, 0.717) is 46.7 Å². The number of thioether (sulfide) groups is 1. The second kappa shape index (κ2) is 10.1. The van der Waals surface area contributed by atoms with Gasteiger partial charge in [-0.1, -0.05) is 31.1 Å². The number of rotatable bonds is 8. The van der Waals surface area contributed by atoms with Crippen molar-refractivity contribution >= 4 is 35.0 Å². The molecule has 0 radical (unpaired) electrons. The molecule has 0 atom stereocenters. The third kappa shape index (κ3) is 6.18. The first-order valence-electron chi connectivity index (χ1n) is 9.63. The van der Waals surface area contributed by atoms with Crippen molar-refractivity contribution in [1.82, 2.24) is 10.1 Å². The van der Waals surface area contributed by atoms with E-state index in [1.165, 1.54) is 11.8 Å². The van der Waals surface area contributed by atoms with E-state index in [0.717, 1.165) is 4.90 Å². The summed E-state index contributed by atoms with van der Waals surface area (Å²) in [5.41, 5.74) is 1.91. The largest absolute Gasteiger partial charge is 0.338 e. The van der Waals surface area contributed by atoms with E-state index in [-0.39, 0.29) is 11.8 Å². The molecule has 2 N–H and O–H groups in total. The second-order valence-electron chi connectivity index (χ2n) is 7.20. The maximum Gasteiger partial charge on any atom is 0.256 e. The molecule has 0 unspecified atom stereocenters. The zero-order valence-electron chi connectivity index (χ0n) is 17.1. The summed E-state index contributed by atoms with van der Waals surface area (Å²) in [6.45, 7) is 5.76. The molecule has 0 saturated heterocycles. The van der Waals surface area contributed by atoms with Crippen LogP contribution in [0.2, 0.25) is 0 Å². The molecule has 0 fully saturated rings. The van der Waals surface area contributed by atoms with E-state index in [4.69, 9.17) is 4.52 Å². The van der Waals surface area contributed by atoms with Crippen molar-refractivity contribution < 1.29 is 14.1 Å². The Kier molecular flexibility index (Phi) is 7.24. The summed E-state index contributed by atoms with van der Waals surface area (Å²) < 4.78 is 5.13. The molecule has 0 bridgehead atoms. The normalized spacial score (nSPS) is 10.8. The van der Waals surface area contributed by atoms with Gasteiger partial charge in [-0.2, -0.15) is 4.98 Å². The lowest BCUT2D eigenvalue weighted by Crippen LogP contribution is -2.14. The van der Waals surface area contributed by atoms with Gasteiger partial charge >= 0.3 is 0 Å². The van der Waals surface area contributed by atoms with Gasteiger partial charge in [0.25, 0.3) is 5.91 Å². The van der Waals surface area contributed by atoms with Gasteiger partial charge in [0, 0.05) is 22.7 Å². The summed E-state index contributed by atoms with van der Waals surface area (Å²) in [6.07, 6.45) is 0.468. The molecule has 7 nitrogen and oxygen atoms in total. The standard InChI is InChI=1S/C22H24N4O3S/c1-14(2)12-20(27)24-16-8-10-17(11-9-16)25-22(28)18-6-4-5-7-19(18)30-13-21-23-15(3)26-29-21/h4-11,14H,12-13H2,1-3H3,(H,24,27)(H,25,28). The number of aromatic nitrogens is 2. The SMILES string of the molecule is Cc1noc(CSc2ccccc2C(=O)Nc2ccc(NC(=O)CC(C)C)cc2)n1. The van der Waals surface area contributed by atoms with Crippen LogP contribution in [0.25, 0.3) is 0 Å². The van der Waals surface area contributed by atoms with E-state index < -0.39 is 0 Å². The van der Waals surface area contributed by atoms with Crippen LogP contribution in [0.1, 0.15) is 42.3 Å². The predicted octanol–water partition coefficient (Wildman–Crippen LogP) is 4.91. The van der Waals surface area contributed by atoms with Gasteiger partial charge in [-0.3, -0.25) is 9.59 Å². The zero-order valence-corrected chi connectivity index (χ0v) is 18.0. The van der Waals surface area contributed by atoms with Crippen LogP contribution in [0.15, 0.2) is 57.9 Å². The molecule has 0 aliphatic carbocycles. The van der Waals surface area contributed by atoms with Crippen molar-refractivity contribution in [2.75, 3.05) is 10.6 Å². The van der Waals surface area contributed by atoms with Crippen molar-refractivity contribution in [1.29, 1.82) is 0 Å². The quantitative estimate of drug-likeness (QED) is 0.499. The molecule has 0 aliphatic heterocycles.